The van der Waals surface area contributed by atoms with Crippen molar-refractivity contribution in [1.82, 2.24) is 4.90 Å². The first-order chi connectivity index (χ1) is 7.66. The summed E-state index contributed by atoms with van der Waals surface area (Å²) >= 11 is 1.33. The fourth-order valence-electron chi connectivity index (χ4n) is 1.56. The summed E-state index contributed by atoms with van der Waals surface area (Å²) in [5, 5.41) is 7.46. The molecule has 6 nitrogen and oxygen atoms in total. The van der Waals surface area contributed by atoms with Gasteiger partial charge in [0.2, 0.25) is 5.91 Å². The van der Waals surface area contributed by atoms with E-state index in [-0.39, 0.29) is 5.37 Å². The van der Waals surface area contributed by atoms with E-state index in [1.54, 1.807) is 6.92 Å². The second kappa shape index (κ2) is 4.85. The summed E-state index contributed by atoms with van der Waals surface area (Å²) in [6.45, 7) is 2.98. The molecule has 1 aliphatic rings. The summed E-state index contributed by atoms with van der Waals surface area (Å²) < 4.78 is 22.6. The van der Waals surface area contributed by atoms with Gasteiger partial charge in [-0.3, -0.25) is 4.79 Å². The Balaban J connectivity index is 2.98. The number of thioether (sulfide) groups is 1. The lowest BCUT2D eigenvalue weighted by Gasteiger charge is -2.27. The molecule has 0 aromatic rings. The number of carbonyl (C=O) groups is 2. The minimum atomic E-state index is -3.51. The number of amides is 1. The molecule has 0 bridgehead atoms. The third-order valence-electron chi connectivity index (χ3n) is 2.75. The van der Waals surface area contributed by atoms with Crippen LogP contribution in [-0.4, -0.2) is 59.0 Å². The fraction of sp³-hybridized carbons (Fsp3) is 0.778. The third kappa shape index (κ3) is 2.92. The Morgan fingerprint density at radius 2 is 2.00 bits per heavy atom. The van der Waals surface area contributed by atoms with Crippen LogP contribution in [0.5, 0.6) is 0 Å². The van der Waals surface area contributed by atoms with Crippen molar-refractivity contribution >= 4 is 33.5 Å². The molecule has 0 aromatic heterocycles. The number of aliphatic carboxylic acids is 1. The summed E-state index contributed by atoms with van der Waals surface area (Å²) in [5.74, 6) is -1.45. The van der Waals surface area contributed by atoms with Crippen LogP contribution in [0.25, 0.3) is 0 Å². The van der Waals surface area contributed by atoms with E-state index in [4.69, 9.17) is 5.11 Å². The quantitative estimate of drug-likeness (QED) is 0.770. The maximum atomic E-state index is 12.0. The number of carbonyl (C=O) groups excluding carboxylic acids is 1. The van der Waals surface area contributed by atoms with Crippen LogP contribution in [0.1, 0.15) is 13.8 Å². The number of carboxylic acid groups (broad SMARTS) is 1. The minimum Gasteiger partial charge on any atom is -0.480 e. The largest absolute Gasteiger partial charge is 0.480 e. The molecule has 1 heterocycles. The fourth-order valence-corrected chi connectivity index (χ4v) is 3.22. The molecule has 0 saturated carbocycles. The zero-order valence-electron chi connectivity index (χ0n) is 9.78. The topological polar surface area (TPSA) is 91.8 Å². The van der Waals surface area contributed by atoms with Gasteiger partial charge in [0.15, 0.2) is 9.84 Å². The number of rotatable bonds is 3. The van der Waals surface area contributed by atoms with Gasteiger partial charge in [-0.25, -0.2) is 13.2 Å². The van der Waals surface area contributed by atoms with Gasteiger partial charge in [-0.2, -0.15) is 0 Å². The highest BCUT2D eigenvalue weighted by atomic mass is 32.2. The second-order valence-electron chi connectivity index (χ2n) is 4.00. The number of carboxylic acids is 1. The van der Waals surface area contributed by atoms with E-state index in [0.29, 0.717) is 5.75 Å². The molecule has 1 fully saturated rings. The molecule has 0 aliphatic carbocycles. The summed E-state index contributed by atoms with van der Waals surface area (Å²) in [6, 6.07) is -0.938. The normalized spacial score (nSPS) is 26.9. The summed E-state index contributed by atoms with van der Waals surface area (Å²) in [7, 11) is -3.51. The molecule has 17 heavy (non-hydrogen) atoms. The number of hydrogen-bond acceptors (Lipinski definition) is 5. The molecule has 3 atom stereocenters. The van der Waals surface area contributed by atoms with E-state index in [0.717, 1.165) is 11.2 Å². The lowest BCUT2D eigenvalue weighted by Crippen LogP contribution is -2.49. The first kappa shape index (κ1) is 14.3. The Labute approximate surface area is 104 Å². The second-order valence-corrected chi connectivity index (χ2v) is 7.72. The van der Waals surface area contributed by atoms with Crippen molar-refractivity contribution in [3.05, 3.63) is 0 Å². The van der Waals surface area contributed by atoms with Crippen LogP contribution in [0, 0.1) is 0 Å². The number of hydrogen-bond donors (Lipinski definition) is 1. The molecule has 1 rings (SSSR count). The van der Waals surface area contributed by atoms with Crippen molar-refractivity contribution in [2.75, 3.05) is 12.0 Å². The van der Waals surface area contributed by atoms with E-state index < -0.39 is 33.0 Å². The predicted octanol–water partition coefficient (Wildman–Crippen LogP) is -0.206. The van der Waals surface area contributed by atoms with Gasteiger partial charge in [-0.1, -0.05) is 0 Å². The number of nitrogens with zero attached hydrogens (tertiary/aromatic N) is 1. The molecular formula is C9H15NO5S2. The van der Waals surface area contributed by atoms with Crippen LogP contribution in [0.2, 0.25) is 0 Å². The van der Waals surface area contributed by atoms with Crippen LogP contribution in [0.4, 0.5) is 0 Å². The zero-order chi connectivity index (χ0) is 13.4. The Bertz CT molecular complexity index is 433. The summed E-state index contributed by atoms with van der Waals surface area (Å²) in [6.07, 6.45) is 0.971. The first-order valence-corrected chi connectivity index (χ1v) is 8.02. The molecule has 1 N–H and O–H groups in total. The van der Waals surface area contributed by atoms with Gasteiger partial charge >= 0.3 is 5.97 Å². The molecule has 3 unspecified atom stereocenters. The van der Waals surface area contributed by atoms with E-state index >= 15 is 0 Å². The molecule has 0 aromatic carbocycles. The molecule has 1 saturated heterocycles. The highest BCUT2D eigenvalue weighted by Crippen LogP contribution is 2.30. The molecule has 8 heteroatoms. The van der Waals surface area contributed by atoms with Gasteiger partial charge in [-0.15, -0.1) is 11.8 Å². The smallest absolute Gasteiger partial charge is 0.327 e. The van der Waals surface area contributed by atoms with Crippen LogP contribution >= 0.6 is 11.8 Å². The van der Waals surface area contributed by atoms with Gasteiger partial charge in [-0.05, 0) is 13.8 Å². The minimum absolute atomic E-state index is 0.290. The highest BCUT2D eigenvalue weighted by molar-refractivity contribution is 8.00. The van der Waals surface area contributed by atoms with Gasteiger partial charge in [0.25, 0.3) is 0 Å². The monoisotopic (exact) mass is 281 g/mol. The van der Waals surface area contributed by atoms with E-state index in [1.807, 2.05) is 0 Å². The van der Waals surface area contributed by atoms with Gasteiger partial charge < -0.3 is 10.0 Å². The Hall–Kier alpha value is -0.760. The van der Waals surface area contributed by atoms with Crippen molar-refractivity contribution in [2.24, 2.45) is 0 Å². The predicted molar refractivity (Wildman–Crippen MR) is 64.5 cm³/mol. The van der Waals surface area contributed by atoms with Crippen LogP contribution in [0.3, 0.4) is 0 Å². The first-order valence-electron chi connectivity index (χ1n) is 5.01. The SMILES string of the molecule is CC1SCC(C(=O)O)N1C(=O)C(C)S(C)(=O)=O. The van der Waals surface area contributed by atoms with Crippen molar-refractivity contribution in [1.29, 1.82) is 0 Å². The zero-order valence-corrected chi connectivity index (χ0v) is 11.4. The maximum Gasteiger partial charge on any atom is 0.327 e. The Kier molecular flexibility index (Phi) is 4.08. The van der Waals surface area contributed by atoms with Crippen LogP contribution in [-0.2, 0) is 19.4 Å². The summed E-state index contributed by atoms with van der Waals surface area (Å²) in [4.78, 5) is 24.1. The maximum absolute atomic E-state index is 12.0. The van der Waals surface area contributed by atoms with Crippen molar-refractivity contribution < 1.29 is 23.1 Å². The number of sulfone groups is 1. The molecule has 0 radical (unpaired) electrons. The van der Waals surface area contributed by atoms with E-state index in [2.05, 4.69) is 0 Å². The molecule has 98 valence electrons. The molecule has 1 aliphatic heterocycles. The Morgan fingerprint density at radius 3 is 2.41 bits per heavy atom. The lowest BCUT2D eigenvalue weighted by atomic mass is 10.2. The molecule has 0 spiro atoms. The van der Waals surface area contributed by atoms with E-state index in [1.165, 1.54) is 18.7 Å². The third-order valence-corrected chi connectivity index (χ3v) is 5.46. The standard InChI is InChI=1S/C9H15NO5S2/c1-5(17(3,14)15)8(11)10-6(2)16-4-7(10)9(12)13/h5-7H,4H2,1-3H3,(H,12,13). The molecular weight excluding hydrogens is 266 g/mol. The lowest BCUT2D eigenvalue weighted by molar-refractivity contribution is -0.148. The van der Waals surface area contributed by atoms with Crippen LogP contribution < -0.4 is 0 Å². The van der Waals surface area contributed by atoms with E-state index in [9.17, 15) is 18.0 Å². The average molecular weight is 281 g/mol. The highest BCUT2D eigenvalue weighted by Gasteiger charge is 2.42. The van der Waals surface area contributed by atoms with Crippen molar-refractivity contribution in [3.63, 3.8) is 0 Å². The van der Waals surface area contributed by atoms with Gasteiger partial charge in [0, 0.05) is 12.0 Å². The molecule has 1 amide bonds. The van der Waals surface area contributed by atoms with Crippen molar-refractivity contribution in [3.8, 4) is 0 Å². The van der Waals surface area contributed by atoms with Crippen molar-refractivity contribution in [2.45, 2.75) is 30.5 Å². The van der Waals surface area contributed by atoms with Crippen LogP contribution in [0.15, 0.2) is 0 Å². The summed E-state index contributed by atoms with van der Waals surface area (Å²) in [5.41, 5.74) is 0. The van der Waals surface area contributed by atoms with Gasteiger partial charge in [0.1, 0.15) is 11.3 Å². The Morgan fingerprint density at radius 1 is 1.47 bits per heavy atom. The van der Waals surface area contributed by atoms with Gasteiger partial charge in [0.05, 0.1) is 5.37 Å². The average Bonchev–Trinajstić information content (AvgIpc) is 2.56.